The molecule has 1 saturated carbocycles. The van der Waals surface area contributed by atoms with Gasteiger partial charge in [-0.15, -0.1) is 0 Å². The molecule has 1 fully saturated rings. The highest BCUT2D eigenvalue weighted by molar-refractivity contribution is 5.99. The number of benzene rings is 1. The summed E-state index contributed by atoms with van der Waals surface area (Å²) < 4.78 is 3.65. The Morgan fingerprint density at radius 2 is 1.79 bits per heavy atom. The lowest BCUT2D eigenvalue weighted by molar-refractivity contribution is 0.0782. The molecule has 0 saturated heterocycles. The summed E-state index contributed by atoms with van der Waals surface area (Å²) in [5.41, 5.74) is 1.35. The molecule has 8 heteroatoms. The summed E-state index contributed by atoms with van der Waals surface area (Å²) in [6.07, 6.45) is 12.1. The Morgan fingerprint density at radius 3 is 2.42 bits per heavy atom. The Kier molecular flexibility index (Phi) is 6.72. The normalized spacial score (nSPS) is 14.1. The maximum Gasteiger partial charge on any atom is 0.259 e. The van der Waals surface area contributed by atoms with Gasteiger partial charge in [0.15, 0.2) is 0 Å². The van der Waals surface area contributed by atoms with Crippen molar-refractivity contribution < 1.29 is 9.59 Å². The van der Waals surface area contributed by atoms with Crippen LogP contribution in [0, 0.1) is 0 Å². The molecule has 172 valence electrons. The third-order valence-electron chi connectivity index (χ3n) is 6.22. The molecule has 0 unspecified atom stereocenters. The zero-order chi connectivity index (χ0) is 23.4. The van der Waals surface area contributed by atoms with Gasteiger partial charge in [0.05, 0.1) is 5.69 Å². The van der Waals surface area contributed by atoms with Gasteiger partial charge in [0.2, 0.25) is 5.43 Å². The molecule has 1 aromatic carbocycles. The van der Waals surface area contributed by atoms with Crippen molar-refractivity contribution >= 4 is 11.8 Å². The van der Waals surface area contributed by atoms with Crippen LogP contribution in [0.5, 0.6) is 0 Å². The second kappa shape index (κ2) is 9.85. The molecule has 2 aromatic heterocycles. The highest BCUT2D eigenvalue weighted by Gasteiger charge is 2.24. The van der Waals surface area contributed by atoms with E-state index in [-0.39, 0.29) is 17.2 Å². The summed E-state index contributed by atoms with van der Waals surface area (Å²) in [6, 6.07) is 9.78. The van der Waals surface area contributed by atoms with Crippen molar-refractivity contribution in [2.24, 2.45) is 0 Å². The van der Waals surface area contributed by atoms with Gasteiger partial charge in [-0.2, -0.15) is 5.10 Å². The minimum atomic E-state index is -0.535. The van der Waals surface area contributed by atoms with E-state index in [4.69, 9.17) is 0 Å². The van der Waals surface area contributed by atoms with Crippen molar-refractivity contribution in [2.45, 2.75) is 44.7 Å². The summed E-state index contributed by atoms with van der Waals surface area (Å²) in [5.74, 6) is -0.873. The average molecular weight is 448 g/mol. The molecule has 3 aromatic rings. The van der Waals surface area contributed by atoms with E-state index in [0.29, 0.717) is 6.54 Å². The van der Waals surface area contributed by atoms with Crippen molar-refractivity contribution in [1.29, 1.82) is 0 Å². The van der Waals surface area contributed by atoms with Crippen molar-refractivity contribution in [2.75, 3.05) is 14.1 Å². The van der Waals surface area contributed by atoms with Gasteiger partial charge in [0, 0.05) is 51.5 Å². The summed E-state index contributed by atoms with van der Waals surface area (Å²) in [7, 11) is 3.15. The first-order chi connectivity index (χ1) is 16.0. The van der Waals surface area contributed by atoms with E-state index in [1.165, 1.54) is 18.4 Å². The largest absolute Gasteiger partial charge is 0.355 e. The predicted molar refractivity (Wildman–Crippen MR) is 126 cm³/mol. The van der Waals surface area contributed by atoms with Gasteiger partial charge in [-0.05, 0) is 36.6 Å². The first kappa shape index (κ1) is 22.5. The summed E-state index contributed by atoms with van der Waals surface area (Å²) in [4.78, 5) is 40.2. The van der Waals surface area contributed by atoms with Gasteiger partial charge in [-0.25, -0.2) is 4.68 Å². The smallest absolute Gasteiger partial charge is 0.259 e. The minimum Gasteiger partial charge on any atom is -0.355 e. The van der Waals surface area contributed by atoms with Crippen LogP contribution in [0.15, 0.2) is 59.9 Å². The summed E-state index contributed by atoms with van der Waals surface area (Å²) >= 11 is 0. The maximum absolute atomic E-state index is 13.3. The standard InChI is InChI=1S/C25H29N5O3/c1-26-24(32)21-16-29(19-7-4-3-5-8-19)17-22(23(21)31)25(33)28(2)15-18-9-11-20(12-10-18)30-14-6-13-27-30/h6,9-14,16-17,19H,3-5,7-8,15H2,1-2H3,(H,26,32). The molecule has 2 heterocycles. The van der Waals surface area contributed by atoms with Crippen molar-refractivity contribution in [1.82, 2.24) is 24.6 Å². The highest BCUT2D eigenvalue weighted by atomic mass is 16.2. The second-order valence-electron chi connectivity index (χ2n) is 8.51. The fourth-order valence-electron chi connectivity index (χ4n) is 4.36. The van der Waals surface area contributed by atoms with Crippen LogP contribution >= 0.6 is 0 Å². The van der Waals surface area contributed by atoms with Gasteiger partial charge in [-0.1, -0.05) is 31.4 Å². The predicted octanol–water partition coefficient (Wildman–Crippen LogP) is 3.17. The molecule has 33 heavy (non-hydrogen) atoms. The lowest BCUT2D eigenvalue weighted by atomic mass is 9.95. The molecule has 4 rings (SSSR count). The van der Waals surface area contributed by atoms with E-state index >= 15 is 0 Å². The highest BCUT2D eigenvalue weighted by Crippen LogP contribution is 2.28. The lowest BCUT2D eigenvalue weighted by Crippen LogP contribution is -2.35. The van der Waals surface area contributed by atoms with Crippen LogP contribution in [0.1, 0.15) is 64.4 Å². The lowest BCUT2D eigenvalue weighted by Gasteiger charge is -2.26. The number of nitrogens with zero attached hydrogens (tertiary/aromatic N) is 4. The van der Waals surface area contributed by atoms with Crippen LogP contribution in [-0.4, -0.2) is 45.2 Å². The number of hydrogen-bond acceptors (Lipinski definition) is 4. The molecule has 0 radical (unpaired) electrons. The first-order valence-corrected chi connectivity index (χ1v) is 11.3. The Morgan fingerprint density at radius 1 is 1.09 bits per heavy atom. The quantitative estimate of drug-likeness (QED) is 0.629. The van der Waals surface area contributed by atoms with Crippen LogP contribution < -0.4 is 10.7 Å². The van der Waals surface area contributed by atoms with Crippen molar-refractivity contribution in [3.05, 3.63) is 82.0 Å². The van der Waals surface area contributed by atoms with E-state index in [1.807, 2.05) is 41.1 Å². The number of carbonyl (C=O) groups is 2. The number of pyridine rings is 1. The first-order valence-electron chi connectivity index (χ1n) is 11.3. The summed E-state index contributed by atoms with van der Waals surface area (Å²) in [5, 5.41) is 6.73. The van der Waals surface area contributed by atoms with Crippen molar-refractivity contribution in [3.63, 3.8) is 0 Å². The van der Waals surface area contributed by atoms with E-state index < -0.39 is 17.2 Å². The SMILES string of the molecule is CNC(=O)c1cn(C2CCCCC2)cc(C(=O)N(C)Cc2ccc(-n3cccn3)cc2)c1=O. The van der Waals surface area contributed by atoms with Gasteiger partial charge in [-0.3, -0.25) is 14.4 Å². The molecule has 1 N–H and O–H groups in total. The fraction of sp³-hybridized carbons (Fsp3) is 0.360. The van der Waals surface area contributed by atoms with Gasteiger partial charge in [0.1, 0.15) is 11.1 Å². The average Bonchev–Trinajstić information content (AvgIpc) is 3.39. The number of rotatable bonds is 6. The molecule has 0 spiro atoms. The maximum atomic E-state index is 13.3. The second-order valence-corrected chi connectivity index (χ2v) is 8.51. The zero-order valence-electron chi connectivity index (χ0n) is 19.0. The van der Waals surface area contributed by atoms with E-state index in [2.05, 4.69) is 10.4 Å². The molecular formula is C25H29N5O3. The van der Waals surface area contributed by atoms with Crippen LogP contribution in [-0.2, 0) is 6.54 Å². The van der Waals surface area contributed by atoms with E-state index in [0.717, 1.165) is 36.9 Å². The third-order valence-corrected chi connectivity index (χ3v) is 6.22. The fourth-order valence-corrected chi connectivity index (χ4v) is 4.36. The number of nitrogens with one attached hydrogen (secondary N) is 1. The van der Waals surface area contributed by atoms with Crippen LogP contribution in [0.2, 0.25) is 0 Å². The van der Waals surface area contributed by atoms with Crippen molar-refractivity contribution in [3.8, 4) is 5.69 Å². The minimum absolute atomic E-state index is 0.00546. The Labute approximate surface area is 192 Å². The third kappa shape index (κ3) is 4.89. The molecule has 8 nitrogen and oxygen atoms in total. The molecule has 1 aliphatic carbocycles. The summed E-state index contributed by atoms with van der Waals surface area (Å²) in [6.45, 7) is 0.339. The van der Waals surface area contributed by atoms with E-state index in [1.54, 1.807) is 30.3 Å². The van der Waals surface area contributed by atoms with Gasteiger partial charge < -0.3 is 14.8 Å². The van der Waals surface area contributed by atoms with Crippen LogP contribution in [0.3, 0.4) is 0 Å². The van der Waals surface area contributed by atoms with Crippen LogP contribution in [0.4, 0.5) is 0 Å². The number of carbonyl (C=O) groups excluding carboxylic acids is 2. The zero-order valence-corrected chi connectivity index (χ0v) is 19.0. The van der Waals surface area contributed by atoms with Gasteiger partial charge >= 0.3 is 0 Å². The molecule has 0 bridgehead atoms. The number of aromatic nitrogens is 3. The monoisotopic (exact) mass is 447 g/mol. The topological polar surface area (TPSA) is 89.2 Å². The molecular weight excluding hydrogens is 418 g/mol. The number of hydrogen-bond donors (Lipinski definition) is 1. The Balaban J connectivity index is 1.59. The van der Waals surface area contributed by atoms with Gasteiger partial charge in [0.25, 0.3) is 11.8 Å². The van der Waals surface area contributed by atoms with Crippen LogP contribution in [0.25, 0.3) is 5.69 Å². The molecule has 0 atom stereocenters. The Bertz CT molecular complexity index is 1180. The van der Waals surface area contributed by atoms with E-state index in [9.17, 15) is 14.4 Å². The molecule has 1 aliphatic rings. The number of amides is 2. The molecule has 0 aliphatic heterocycles. The Hall–Kier alpha value is -3.68. The molecule has 2 amide bonds.